The zero-order chi connectivity index (χ0) is 18.2. The molecular weight excluding hydrogens is 338 g/mol. The van der Waals surface area contributed by atoms with E-state index in [9.17, 15) is 4.79 Å². The van der Waals surface area contributed by atoms with E-state index in [1.807, 2.05) is 24.3 Å². The van der Waals surface area contributed by atoms with Gasteiger partial charge in [0.15, 0.2) is 0 Å². The molecule has 1 N–H and O–H groups in total. The van der Waals surface area contributed by atoms with Crippen LogP contribution < -0.4 is 10.5 Å². The van der Waals surface area contributed by atoms with Gasteiger partial charge in [0, 0.05) is 25.7 Å². The van der Waals surface area contributed by atoms with Crippen molar-refractivity contribution in [3.8, 4) is 0 Å². The highest BCUT2D eigenvalue weighted by molar-refractivity contribution is 5.77. The molecule has 1 aliphatic heterocycles. The number of imidazole rings is 1. The van der Waals surface area contributed by atoms with Gasteiger partial charge < -0.3 is 9.88 Å². The van der Waals surface area contributed by atoms with Crippen LogP contribution in [0.25, 0.3) is 11.0 Å². The van der Waals surface area contributed by atoms with Crippen LogP contribution in [-0.4, -0.2) is 32.8 Å². The summed E-state index contributed by atoms with van der Waals surface area (Å²) in [6.45, 7) is 2.66. The number of aromatic amines is 1. The van der Waals surface area contributed by atoms with E-state index in [4.69, 9.17) is 4.98 Å². The van der Waals surface area contributed by atoms with Crippen molar-refractivity contribution < 1.29 is 0 Å². The predicted octanol–water partition coefficient (Wildman–Crippen LogP) is 2.92. The van der Waals surface area contributed by atoms with Crippen molar-refractivity contribution in [2.45, 2.75) is 45.1 Å². The summed E-state index contributed by atoms with van der Waals surface area (Å²) in [6, 6.07) is 9.97. The van der Waals surface area contributed by atoms with E-state index < -0.39 is 0 Å². The number of fused-ring (bicyclic) bond motifs is 2. The molecule has 0 radical (unpaired) electrons. The highest BCUT2D eigenvalue weighted by Crippen LogP contribution is 2.24. The molecule has 2 aromatic heterocycles. The van der Waals surface area contributed by atoms with Crippen LogP contribution in [0.15, 0.2) is 35.1 Å². The first-order chi connectivity index (χ1) is 13.3. The van der Waals surface area contributed by atoms with Crippen LogP contribution in [0.4, 0.5) is 5.95 Å². The summed E-state index contributed by atoms with van der Waals surface area (Å²) in [5.41, 5.74) is 4.47. The number of H-pyrrole nitrogens is 1. The number of anilines is 1. The third-order valence-electron chi connectivity index (χ3n) is 6.00. The largest absolute Gasteiger partial charge is 0.342 e. The number of hydrogen-bond donors (Lipinski definition) is 1. The lowest BCUT2D eigenvalue weighted by molar-refractivity contribution is 0.331. The summed E-state index contributed by atoms with van der Waals surface area (Å²) in [5.74, 6) is 1.45. The van der Waals surface area contributed by atoms with Crippen molar-refractivity contribution in [3.05, 3.63) is 51.9 Å². The van der Waals surface area contributed by atoms with E-state index >= 15 is 0 Å². The molecule has 6 heteroatoms. The SMILES string of the molecule is O=c1cc2c(nn1CC1CCN(c3nc4ccccc4[nH]3)CC1)CCCC2. The maximum Gasteiger partial charge on any atom is 0.267 e. The Morgan fingerprint density at radius 2 is 1.93 bits per heavy atom. The van der Waals surface area contributed by atoms with Gasteiger partial charge in [0.05, 0.1) is 16.7 Å². The molecular formula is C21H25N5O. The quantitative estimate of drug-likeness (QED) is 0.777. The van der Waals surface area contributed by atoms with E-state index in [0.29, 0.717) is 5.92 Å². The van der Waals surface area contributed by atoms with Crippen LogP contribution in [0, 0.1) is 5.92 Å². The molecule has 2 aliphatic rings. The highest BCUT2D eigenvalue weighted by Gasteiger charge is 2.23. The van der Waals surface area contributed by atoms with Gasteiger partial charge in [-0.25, -0.2) is 9.67 Å². The van der Waals surface area contributed by atoms with Crippen LogP contribution in [0.5, 0.6) is 0 Å². The van der Waals surface area contributed by atoms with Crippen molar-refractivity contribution in [2.24, 2.45) is 5.92 Å². The topological polar surface area (TPSA) is 66.8 Å². The van der Waals surface area contributed by atoms with Gasteiger partial charge in [-0.15, -0.1) is 0 Å². The Balaban J connectivity index is 1.26. The Hall–Kier alpha value is -2.63. The molecule has 1 fully saturated rings. The Labute approximate surface area is 158 Å². The first-order valence-electron chi connectivity index (χ1n) is 10.1. The summed E-state index contributed by atoms with van der Waals surface area (Å²) in [6.07, 6.45) is 6.51. The summed E-state index contributed by atoms with van der Waals surface area (Å²) in [7, 11) is 0. The molecule has 0 bridgehead atoms. The summed E-state index contributed by atoms with van der Waals surface area (Å²) in [4.78, 5) is 22.9. The number of nitrogens with one attached hydrogen (secondary N) is 1. The van der Waals surface area contributed by atoms with E-state index in [1.54, 1.807) is 4.68 Å². The van der Waals surface area contributed by atoms with E-state index in [0.717, 1.165) is 68.0 Å². The standard InChI is InChI=1S/C21H25N5O/c27-20-13-16-5-1-2-6-17(16)24-26(20)14-15-9-11-25(12-10-15)21-22-18-7-3-4-8-19(18)23-21/h3-4,7-8,13,15H,1-2,5-6,9-12,14H2,(H,22,23). The summed E-state index contributed by atoms with van der Waals surface area (Å²) in [5, 5.41) is 4.68. The van der Waals surface area contributed by atoms with Gasteiger partial charge in [0.2, 0.25) is 5.95 Å². The Morgan fingerprint density at radius 3 is 2.78 bits per heavy atom. The van der Waals surface area contributed by atoms with Crippen molar-refractivity contribution in [2.75, 3.05) is 18.0 Å². The van der Waals surface area contributed by atoms with Gasteiger partial charge in [-0.05, 0) is 62.1 Å². The average Bonchev–Trinajstić information content (AvgIpc) is 3.13. The monoisotopic (exact) mass is 363 g/mol. The van der Waals surface area contributed by atoms with Gasteiger partial charge in [-0.1, -0.05) is 12.1 Å². The molecule has 0 spiro atoms. The minimum absolute atomic E-state index is 0.0652. The number of nitrogens with zero attached hydrogens (tertiary/aromatic N) is 4. The van der Waals surface area contributed by atoms with Crippen molar-refractivity contribution in [3.63, 3.8) is 0 Å². The molecule has 3 aromatic rings. The van der Waals surface area contributed by atoms with Crippen LogP contribution in [0.1, 0.15) is 36.9 Å². The lowest BCUT2D eigenvalue weighted by Crippen LogP contribution is -2.37. The van der Waals surface area contributed by atoms with Crippen molar-refractivity contribution in [1.82, 2.24) is 19.7 Å². The second-order valence-electron chi connectivity index (χ2n) is 7.85. The number of hydrogen-bond acceptors (Lipinski definition) is 4. The van der Waals surface area contributed by atoms with Crippen LogP contribution in [0.2, 0.25) is 0 Å². The fourth-order valence-corrected chi connectivity index (χ4v) is 4.39. The second kappa shape index (κ2) is 6.83. The highest BCUT2D eigenvalue weighted by atomic mass is 16.1. The van der Waals surface area contributed by atoms with Gasteiger partial charge in [-0.3, -0.25) is 4.79 Å². The molecule has 0 unspecified atom stereocenters. The average molecular weight is 363 g/mol. The molecule has 6 nitrogen and oxygen atoms in total. The number of aryl methyl sites for hydroxylation is 2. The van der Waals surface area contributed by atoms with E-state index in [1.165, 1.54) is 18.4 Å². The fraction of sp³-hybridized carbons (Fsp3) is 0.476. The molecule has 140 valence electrons. The number of benzene rings is 1. The van der Waals surface area contributed by atoms with Crippen LogP contribution >= 0.6 is 0 Å². The molecule has 27 heavy (non-hydrogen) atoms. The Kier molecular flexibility index (Phi) is 4.19. The fourth-order valence-electron chi connectivity index (χ4n) is 4.39. The smallest absolute Gasteiger partial charge is 0.267 e. The summed E-state index contributed by atoms with van der Waals surface area (Å²) < 4.78 is 1.71. The maximum atomic E-state index is 12.4. The zero-order valence-corrected chi connectivity index (χ0v) is 15.5. The minimum atomic E-state index is 0.0652. The molecule has 5 rings (SSSR count). The third kappa shape index (κ3) is 3.24. The number of piperidine rings is 1. The molecule has 1 aliphatic carbocycles. The van der Waals surface area contributed by atoms with Crippen molar-refractivity contribution >= 4 is 17.0 Å². The summed E-state index contributed by atoms with van der Waals surface area (Å²) >= 11 is 0. The third-order valence-corrected chi connectivity index (χ3v) is 6.00. The zero-order valence-electron chi connectivity index (χ0n) is 15.5. The van der Waals surface area contributed by atoms with Crippen LogP contribution in [0.3, 0.4) is 0 Å². The van der Waals surface area contributed by atoms with Gasteiger partial charge in [-0.2, -0.15) is 5.10 Å². The predicted molar refractivity (Wildman–Crippen MR) is 106 cm³/mol. The molecule has 3 heterocycles. The Morgan fingerprint density at radius 1 is 1.11 bits per heavy atom. The number of rotatable bonds is 3. The lowest BCUT2D eigenvalue weighted by atomic mass is 9.96. The molecule has 0 atom stereocenters. The Bertz CT molecular complexity index is 980. The second-order valence-corrected chi connectivity index (χ2v) is 7.85. The van der Waals surface area contributed by atoms with Gasteiger partial charge in [0.1, 0.15) is 0 Å². The van der Waals surface area contributed by atoms with Crippen molar-refractivity contribution in [1.29, 1.82) is 0 Å². The number of para-hydroxylation sites is 2. The normalized spacial score (nSPS) is 18.0. The minimum Gasteiger partial charge on any atom is -0.342 e. The van der Waals surface area contributed by atoms with E-state index in [2.05, 4.69) is 21.0 Å². The van der Waals surface area contributed by atoms with Gasteiger partial charge in [0.25, 0.3) is 5.56 Å². The number of aromatic nitrogens is 4. The van der Waals surface area contributed by atoms with Crippen LogP contribution in [-0.2, 0) is 19.4 Å². The van der Waals surface area contributed by atoms with E-state index in [-0.39, 0.29) is 5.56 Å². The first kappa shape index (κ1) is 16.5. The molecule has 1 aromatic carbocycles. The molecule has 1 saturated heterocycles. The first-order valence-corrected chi connectivity index (χ1v) is 10.1. The molecule has 0 saturated carbocycles. The van der Waals surface area contributed by atoms with Gasteiger partial charge >= 0.3 is 0 Å². The lowest BCUT2D eigenvalue weighted by Gasteiger charge is -2.31. The maximum absolute atomic E-state index is 12.4. The molecule has 0 amide bonds.